The van der Waals surface area contributed by atoms with Crippen molar-refractivity contribution in [3.8, 4) is 5.75 Å². The monoisotopic (exact) mass is 392 g/mol. The number of hydrogen-bond acceptors (Lipinski definition) is 7. The molecule has 2 aromatic heterocycles. The first-order valence-electron chi connectivity index (χ1n) is 8.20. The van der Waals surface area contributed by atoms with Crippen LogP contribution in [0.3, 0.4) is 0 Å². The third-order valence-electron chi connectivity index (χ3n) is 3.69. The summed E-state index contributed by atoms with van der Waals surface area (Å²) in [6.45, 7) is 2.19. The number of hydrogen-bond donors (Lipinski definition) is 2. The summed E-state index contributed by atoms with van der Waals surface area (Å²) >= 11 is 0. The van der Waals surface area contributed by atoms with Crippen molar-refractivity contribution < 1.29 is 18.5 Å². The highest BCUT2D eigenvalue weighted by Crippen LogP contribution is 2.19. The number of rotatable bonds is 8. The molecular weight excluding hydrogens is 372 g/mol. The van der Waals surface area contributed by atoms with Gasteiger partial charge in [0.1, 0.15) is 5.75 Å². The Bertz CT molecular complexity index is 851. The average Bonchev–Trinajstić information content (AvgIpc) is 3.32. The van der Waals surface area contributed by atoms with Crippen LogP contribution in [0.4, 0.5) is 5.69 Å². The number of amides is 1. The molecule has 2 N–H and O–H groups in total. The lowest BCUT2D eigenvalue weighted by atomic mass is 10.2. The minimum atomic E-state index is -0.327. The molecule has 9 heteroatoms. The Morgan fingerprint density at radius 2 is 2.15 bits per heavy atom. The van der Waals surface area contributed by atoms with Crippen LogP contribution >= 0.6 is 12.4 Å². The number of likely N-dealkylation sites (N-methyl/N-ethyl adjacent to an activating group) is 1. The van der Waals surface area contributed by atoms with Gasteiger partial charge in [-0.2, -0.15) is 4.98 Å². The molecule has 0 bridgehead atoms. The van der Waals surface area contributed by atoms with Gasteiger partial charge in [-0.25, -0.2) is 0 Å². The van der Waals surface area contributed by atoms with E-state index >= 15 is 0 Å². The predicted octanol–water partition coefficient (Wildman–Crippen LogP) is 3.07. The SMILES string of the molecule is CNC(C)Cc1noc(COc2cccc(NC(=O)c3ccco3)c2)n1.Cl. The van der Waals surface area contributed by atoms with E-state index in [0.717, 1.165) is 0 Å². The maximum atomic E-state index is 12.0. The third kappa shape index (κ3) is 5.83. The molecule has 144 valence electrons. The van der Waals surface area contributed by atoms with Gasteiger partial charge in [-0.05, 0) is 38.2 Å². The zero-order valence-corrected chi connectivity index (χ0v) is 15.8. The fraction of sp³-hybridized carbons (Fsp3) is 0.278. The molecule has 0 saturated heterocycles. The van der Waals surface area contributed by atoms with Crippen LogP contribution in [-0.2, 0) is 13.0 Å². The van der Waals surface area contributed by atoms with Crippen LogP contribution in [0.25, 0.3) is 0 Å². The Kier molecular flexibility index (Phi) is 7.39. The number of carbonyl (C=O) groups is 1. The Labute approximate surface area is 162 Å². The first-order valence-corrected chi connectivity index (χ1v) is 8.20. The summed E-state index contributed by atoms with van der Waals surface area (Å²) in [5.41, 5.74) is 0.595. The van der Waals surface area contributed by atoms with Gasteiger partial charge in [0.2, 0.25) is 0 Å². The Morgan fingerprint density at radius 3 is 2.89 bits per heavy atom. The van der Waals surface area contributed by atoms with Gasteiger partial charge < -0.3 is 24.3 Å². The molecule has 0 radical (unpaired) electrons. The minimum Gasteiger partial charge on any atom is -0.484 e. The quantitative estimate of drug-likeness (QED) is 0.607. The van der Waals surface area contributed by atoms with E-state index in [9.17, 15) is 4.79 Å². The molecule has 1 aromatic carbocycles. The standard InChI is InChI=1S/C18H20N4O4.ClH/c1-12(19-2)9-16-21-17(26-22-16)11-25-14-6-3-5-13(10-14)20-18(23)15-7-4-8-24-15;/h3-8,10,12,19H,9,11H2,1-2H3,(H,20,23);1H. The fourth-order valence-electron chi connectivity index (χ4n) is 2.22. The lowest BCUT2D eigenvalue weighted by Gasteiger charge is -2.07. The van der Waals surface area contributed by atoms with Crippen molar-refractivity contribution in [1.82, 2.24) is 15.5 Å². The van der Waals surface area contributed by atoms with Crippen molar-refractivity contribution in [3.63, 3.8) is 0 Å². The summed E-state index contributed by atoms with van der Waals surface area (Å²) in [7, 11) is 1.88. The molecule has 0 aliphatic rings. The number of ether oxygens (including phenoxy) is 1. The highest BCUT2D eigenvalue weighted by Gasteiger charge is 2.11. The summed E-state index contributed by atoms with van der Waals surface area (Å²) < 4.78 is 15.9. The number of nitrogens with one attached hydrogen (secondary N) is 2. The first-order chi connectivity index (χ1) is 12.6. The molecule has 27 heavy (non-hydrogen) atoms. The Morgan fingerprint density at radius 1 is 1.30 bits per heavy atom. The molecule has 0 aliphatic heterocycles. The smallest absolute Gasteiger partial charge is 0.291 e. The van der Waals surface area contributed by atoms with Gasteiger partial charge in [0, 0.05) is 24.2 Å². The van der Waals surface area contributed by atoms with E-state index in [0.29, 0.717) is 29.6 Å². The van der Waals surface area contributed by atoms with E-state index < -0.39 is 0 Å². The van der Waals surface area contributed by atoms with Gasteiger partial charge in [0.05, 0.1) is 6.26 Å². The first kappa shape index (κ1) is 20.5. The van der Waals surface area contributed by atoms with Crippen LogP contribution in [0.15, 0.2) is 51.6 Å². The van der Waals surface area contributed by atoms with Crippen molar-refractivity contribution in [2.45, 2.75) is 26.0 Å². The number of carbonyl (C=O) groups excluding carboxylic acids is 1. The van der Waals surface area contributed by atoms with Gasteiger partial charge in [-0.15, -0.1) is 12.4 Å². The van der Waals surface area contributed by atoms with Crippen molar-refractivity contribution in [2.24, 2.45) is 0 Å². The summed E-state index contributed by atoms with van der Waals surface area (Å²) in [4.78, 5) is 16.3. The number of anilines is 1. The summed E-state index contributed by atoms with van der Waals surface area (Å²) in [6.07, 6.45) is 2.12. The van der Waals surface area contributed by atoms with Gasteiger partial charge in [0.15, 0.2) is 18.2 Å². The van der Waals surface area contributed by atoms with E-state index in [1.807, 2.05) is 14.0 Å². The van der Waals surface area contributed by atoms with Crippen LogP contribution < -0.4 is 15.4 Å². The highest BCUT2D eigenvalue weighted by atomic mass is 35.5. The third-order valence-corrected chi connectivity index (χ3v) is 3.69. The number of furan rings is 1. The van der Waals surface area contributed by atoms with E-state index in [1.165, 1.54) is 6.26 Å². The van der Waals surface area contributed by atoms with Crippen molar-refractivity contribution in [2.75, 3.05) is 12.4 Å². The molecular formula is C18H21ClN4O4. The normalized spacial score (nSPS) is 11.5. The second-order valence-corrected chi connectivity index (χ2v) is 5.75. The number of nitrogens with zero attached hydrogens (tertiary/aromatic N) is 2. The molecule has 1 amide bonds. The van der Waals surface area contributed by atoms with Gasteiger partial charge in [0.25, 0.3) is 11.8 Å². The molecule has 0 aliphatic carbocycles. The van der Waals surface area contributed by atoms with E-state index in [2.05, 4.69) is 20.8 Å². The summed E-state index contributed by atoms with van der Waals surface area (Å²) in [6, 6.07) is 10.5. The zero-order chi connectivity index (χ0) is 18.4. The molecule has 3 aromatic rings. The predicted molar refractivity (Wildman–Crippen MR) is 101 cm³/mol. The van der Waals surface area contributed by atoms with Crippen LogP contribution in [0.1, 0.15) is 29.2 Å². The Hall–Kier alpha value is -2.84. The second-order valence-electron chi connectivity index (χ2n) is 5.75. The molecule has 2 heterocycles. The van der Waals surface area contributed by atoms with Crippen molar-refractivity contribution in [3.05, 3.63) is 60.1 Å². The van der Waals surface area contributed by atoms with Crippen LogP contribution in [0.5, 0.6) is 5.75 Å². The maximum Gasteiger partial charge on any atom is 0.291 e. The summed E-state index contributed by atoms with van der Waals surface area (Å²) in [5, 5.41) is 9.79. The topological polar surface area (TPSA) is 102 Å². The van der Waals surface area contributed by atoms with Crippen LogP contribution in [0.2, 0.25) is 0 Å². The highest BCUT2D eigenvalue weighted by molar-refractivity contribution is 6.02. The molecule has 1 atom stereocenters. The number of benzene rings is 1. The van der Waals surface area contributed by atoms with Gasteiger partial charge in [-0.3, -0.25) is 4.79 Å². The molecule has 8 nitrogen and oxygen atoms in total. The lowest BCUT2D eigenvalue weighted by molar-refractivity contribution is 0.0996. The van der Waals surface area contributed by atoms with Crippen LogP contribution in [0, 0.1) is 0 Å². The fourth-order valence-corrected chi connectivity index (χ4v) is 2.22. The molecule has 0 spiro atoms. The molecule has 0 fully saturated rings. The Balaban J connectivity index is 0.00000261. The van der Waals surface area contributed by atoms with E-state index in [4.69, 9.17) is 13.7 Å². The molecule has 3 rings (SSSR count). The molecule has 1 unspecified atom stereocenters. The van der Waals surface area contributed by atoms with Crippen molar-refractivity contribution >= 4 is 24.0 Å². The van der Waals surface area contributed by atoms with Gasteiger partial charge in [-0.1, -0.05) is 11.2 Å². The molecule has 0 saturated carbocycles. The average molecular weight is 393 g/mol. The lowest BCUT2D eigenvalue weighted by Crippen LogP contribution is -2.24. The number of aromatic nitrogens is 2. The largest absolute Gasteiger partial charge is 0.484 e. The number of halogens is 1. The van der Waals surface area contributed by atoms with Crippen molar-refractivity contribution in [1.29, 1.82) is 0 Å². The van der Waals surface area contributed by atoms with Gasteiger partial charge >= 0.3 is 0 Å². The maximum absolute atomic E-state index is 12.0. The summed E-state index contributed by atoms with van der Waals surface area (Å²) in [5.74, 6) is 1.52. The zero-order valence-electron chi connectivity index (χ0n) is 15.0. The van der Waals surface area contributed by atoms with E-state index in [-0.39, 0.29) is 36.7 Å². The van der Waals surface area contributed by atoms with Crippen LogP contribution in [-0.4, -0.2) is 29.1 Å². The second kappa shape index (κ2) is 9.75. The minimum absolute atomic E-state index is 0. The van der Waals surface area contributed by atoms with E-state index in [1.54, 1.807) is 36.4 Å².